The summed E-state index contributed by atoms with van der Waals surface area (Å²) in [5.74, 6) is -0.436. The number of nitrogens with zero attached hydrogens (tertiary/aromatic N) is 1. The number of rotatable bonds is 3. The van der Waals surface area contributed by atoms with Gasteiger partial charge in [-0.15, -0.1) is 0 Å². The largest absolute Gasteiger partial charge is 0.466 e. The molecule has 26 heavy (non-hydrogen) atoms. The van der Waals surface area contributed by atoms with E-state index in [0.717, 1.165) is 11.3 Å². The first-order valence-corrected chi connectivity index (χ1v) is 9.00. The van der Waals surface area contributed by atoms with E-state index in [4.69, 9.17) is 40.2 Å². The van der Waals surface area contributed by atoms with Crippen molar-refractivity contribution in [3.8, 4) is 0 Å². The van der Waals surface area contributed by atoms with Crippen LogP contribution in [0.5, 0.6) is 0 Å². The highest BCUT2D eigenvalue weighted by molar-refractivity contribution is 7.80. The molecule has 0 spiro atoms. The Morgan fingerprint density at radius 2 is 1.85 bits per heavy atom. The van der Waals surface area contributed by atoms with Crippen molar-refractivity contribution in [2.45, 2.75) is 13.0 Å². The predicted molar refractivity (Wildman–Crippen MR) is 109 cm³/mol. The lowest BCUT2D eigenvalue weighted by Crippen LogP contribution is -2.48. The van der Waals surface area contributed by atoms with Crippen molar-refractivity contribution in [2.75, 3.05) is 12.0 Å². The minimum absolute atomic E-state index is 0.407. The molecule has 7 heteroatoms. The Bertz CT molecular complexity index is 900. The Balaban J connectivity index is 2.14. The summed E-state index contributed by atoms with van der Waals surface area (Å²) in [7, 11) is 1.36. The number of thiocarbonyl (C=S) groups is 1. The SMILES string of the molecule is COC(=O)C1=C(C)N(c2ccccc2)C(=S)N[C@H]1c1ccc(Cl)c(Cl)c1. The molecule has 1 aliphatic rings. The minimum Gasteiger partial charge on any atom is -0.466 e. The summed E-state index contributed by atoms with van der Waals surface area (Å²) in [6, 6.07) is 14.3. The van der Waals surface area contributed by atoms with E-state index in [-0.39, 0.29) is 0 Å². The number of carbonyl (C=O) groups excluding carboxylic acids is 1. The molecule has 0 amide bonds. The van der Waals surface area contributed by atoms with E-state index >= 15 is 0 Å². The van der Waals surface area contributed by atoms with Gasteiger partial charge in [-0.3, -0.25) is 4.90 Å². The number of para-hydroxylation sites is 1. The highest BCUT2D eigenvalue weighted by Crippen LogP contribution is 2.35. The van der Waals surface area contributed by atoms with Crippen molar-refractivity contribution in [3.05, 3.63) is 75.4 Å². The lowest BCUT2D eigenvalue weighted by Gasteiger charge is -2.37. The Labute approximate surface area is 167 Å². The smallest absolute Gasteiger partial charge is 0.337 e. The molecule has 1 N–H and O–H groups in total. The summed E-state index contributed by atoms with van der Waals surface area (Å²) in [6.45, 7) is 1.84. The third-order valence-electron chi connectivity index (χ3n) is 4.18. The molecule has 0 fully saturated rings. The number of allylic oxidation sites excluding steroid dienone is 1. The van der Waals surface area contributed by atoms with E-state index in [0.29, 0.717) is 26.4 Å². The summed E-state index contributed by atoms with van der Waals surface area (Å²) in [4.78, 5) is 14.4. The van der Waals surface area contributed by atoms with Crippen molar-refractivity contribution in [2.24, 2.45) is 0 Å². The number of hydrogen-bond donors (Lipinski definition) is 1. The van der Waals surface area contributed by atoms with Gasteiger partial charge in [0, 0.05) is 11.4 Å². The Morgan fingerprint density at radius 1 is 1.15 bits per heavy atom. The van der Waals surface area contributed by atoms with Crippen LogP contribution in [0.25, 0.3) is 0 Å². The first kappa shape index (κ1) is 18.7. The summed E-state index contributed by atoms with van der Waals surface area (Å²) in [5, 5.41) is 4.56. The number of halogens is 2. The second-order valence-electron chi connectivity index (χ2n) is 5.72. The second kappa shape index (κ2) is 7.66. The highest BCUT2D eigenvalue weighted by atomic mass is 35.5. The fourth-order valence-corrected chi connectivity index (χ4v) is 3.61. The van der Waals surface area contributed by atoms with Gasteiger partial charge in [-0.25, -0.2) is 4.79 Å². The monoisotopic (exact) mass is 406 g/mol. The summed E-state index contributed by atoms with van der Waals surface area (Å²) in [6.07, 6.45) is 0. The highest BCUT2D eigenvalue weighted by Gasteiger charge is 2.35. The number of nitrogens with one attached hydrogen (secondary N) is 1. The zero-order valence-corrected chi connectivity index (χ0v) is 16.5. The van der Waals surface area contributed by atoms with Crippen LogP contribution in [0.15, 0.2) is 59.8 Å². The molecular weight excluding hydrogens is 391 g/mol. The average molecular weight is 407 g/mol. The molecule has 0 radical (unpaired) electrons. The molecule has 1 heterocycles. The van der Waals surface area contributed by atoms with Gasteiger partial charge in [0.05, 0.1) is 28.8 Å². The maximum Gasteiger partial charge on any atom is 0.337 e. The molecule has 0 aliphatic carbocycles. The molecule has 4 nitrogen and oxygen atoms in total. The van der Waals surface area contributed by atoms with E-state index in [2.05, 4.69) is 5.32 Å². The van der Waals surface area contributed by atoms with Gasteiger partial charge >= 0.3 is 5.97 Å². The molecule has 0 bridgehead atoms. The van der Waals surface area contributed by atoms with E-state index < -0.39 is 12.0 Å². The number of carbonyl (C=O) groups is 1. The maximum absolute atomic E-state index is 12.5. The van der Waals surface area contributed by atoms with E-state index in [9.17, 15) is 4.79 Å². The van der Waals surface area contributed by atoms with Crippen LogP contribution in [0.4, 0.5) is 5.69 Å². The van der Waals surface area contributed by atoms with Gasteiger partial charge in [-0.1, -0.05) is 47.5 Å². The minimum atomic E-state index is -0.482. The van der Waals surface area contributed by atoms with Crippen LogP contribution >= 0.6 is 35.4 Å². The van der Waals surface area contributed by atoms with Gasteiger partial charge in [-0.05, 0) is 49.0 Å². The Hall–Kier alpha value is -2.08. The standard InChI is InChI=1S/C19H16Cl2N2O2S/c1-11-16(18(24)25-2)17(12-8-9-14(20)15(21)10-12)22-19(26)23(11)13-6-4-3-5-7-13/h3-10,17H,1-2H3,(H,22,26)/t17-/m0/s1. The molecular formula is C19H16Cl2N2O2S. The van der Waals surface area contributed by atoms with Gasteiger partial charge in [0.1, 0.15) is 0 Å². The zero-order chi connectivity index (χ0) is 18.8. The average Bonchev–Trinajstić information content (AvgIpc) is 2.64. The van der Waals surface area contributed by atoms with Crippen LogP contribution < -0.4 is 10.2 Å². The maximum atomic E-state index is 12.5. The summed E-state index contributed by atoms with van der Waals surface area (Å²) >= 11 is 17.7. The molecule has 0 saturated carbocycles. The van der Waals surface area contributed by atoms with E-state index in [1.54, 1.807) is 12.1 Å². The summed E-state index contributed by atoms with van der Waals surface area (Å²) < 4.78 is 5.02. The Kier molecular flexibility index (Phi) is 5.51. The molecule has 0 aromatic heterocycles. The van der Waals surface area contributed by atoms with Gasteiger partial charge in [0.15, 0.2) is 5.11 Å². The van der Waals surface area contributed by atoms with Crippen LogP contribution in [0.1, 0.15) is 18.5 Å². The lowest BCUT2D eigenvalue weighted by molar-refractivity contribution is -0.136. The summed E-state index contributed by atoms with van der Waals surface area (Å²) in [5.41, 5.74) is 2.79. The lowest BCUT2D eigenvalue weighted by atomic mass is 9.95. The van der Waals surface area contributed by atoms with Crippen molar-refractivity contribution in [1.29, 1.82) is 0 Å². The molecule has 2 aromatic rings. The molecule has 1 aliphatic heterocycles. The fourth-order valence-electron chi connectivity index (χ4n) is 2.95. The number of anilines is 1. The quantitative estimate of drug-likeness (QED) is 0.581. The van der Waals surface area contributed by atoms with E-state index in [1.165, 1.54) is 7.11 Å². The van der Waals surface area contributed by atoms with Crippen LogP contribution in [0.3, 0.4) is 0 Å². The number of benzene rings is 2. The van der Waals surface area contributed by atoms with Crippen molar-refractivity contribution in [1.82, 2.24) is 5.32 Å². The topological polar surface area (TPSA) is 41.6 Å². The van der Waals surface area contributed by atoms with Gasteiger partial charge < -0.3 is 10.1 Å². The number of methoxy groups -OCH3 is 1. The van der Waals surface area contributed by atoms with Crippen LogP contribution in [-0.4, -0.2) is 18.2 Å². The van der Waals surface area contributed by atoms with Gasteiger partial charge in [0.2, 0.25) is 0 Å². The van der Waals surface area contributed by atoms with Crippen LogP contribution in [0, 0.1) is 0 Å². The molecule has 2 aromatic carbocycles. The van der Waals surface area contributed by atoms with Gasteiger partial charge in [-0.2, -0.15) is 0 Å². The predicted octanol–water partition coefficient (Wildman–Crippen LogP) is 4.88. The van der Waals surface area contributed by atoms with Crippen molar-refractivity contribution < 1.29 is 9.53 Å². The first-order chi connectivity index (χ1) is 12.4. The molecule has 1 atom stereocenters. The Morgan fingerprint density at radius 3 is 2.46 bits per heavy atom. The number of ether oxygens (including phenoxy) is 1. The van der Waals surface area contributed by atoms with Crippen LogP contribution in [-0.2, 0) is 9.53 Å². The van der Waals surface area contributed by atoms with Crippen LogP contribution in [0.2, 0.25) is 10.0 Å². The number of esters is 1. The molecule has 0 unspecified atom stereocenters. The third kappa shape index (κ3) is 3.43. The molecule has 3 rings (SSSR count). The fraction of sp³-hybridized carbons (Fsp3) is 0.158. The first-order valence-electron chi connectivity index (χ1n) is 7.83. The van der Waals surface area contributed by atoms with Crippen molar-refractivity contribution >= 4 is 52.2 Å². The third-order valence-corrected chi connectivity index (χ3v) is 5.22. The van der Waals surface area contributed by atoms with Gasteiger partial charge in [0.25, 0.3) is 0 Å². The second-order valence-corrected chi connectivity index (χ2v) is 6.92. The van der Waals surface area contributed by atoms with E-state index in [1.807, 2.05) is 48.2 Å². The zero-order valence-electron chi connectivity index (χ0n) is 14.1. The molecule has 0 saturated heterocycles. The molecule has 134 valence electrons. The number of hydrogen-bond acceptors (Lipinski definition) is 3. The normalized spacial score (nSPS) is 17.2. The van der Waals surface area contributed by atoms with Crippen molar-refractivity contribution in [3.63, 3.8) is 0 Å².